The molecule has 2 aliphatic rings. The second-order valence-corrected chi connectivity index (χ2v) is 4.23. The van der Waals surface area contributed by atoms with E-state index in [2.05, 4.69) is 10.6 Å². The molecule has 2 rings (SSSR count). The maximum atomic E-state index is 12.1. The summed E-state index contributed by atoms with van der Waals surface area (Å²) in [6.07, 6.45) is 0.631. The highest BCUT2D eigenvalue weighted by Gasteiger charge is 2.52. The minimum atomic E-state index is -0.742. The van der Waals surface area contributed by atoms with Crippen LogP contribution in [0.4, 0.5) is 4.79 Å². The Morgan fingerprint density at radius 2 is 2.24 bits per heavy atom. The summed E-state index contributed by atoms with van der Waals surface area (Å²) < 4.78 is 5.05. The molecular weight excluding hydrogens is 226 g/mol. The van der Waals surface area contributed by atoms with Crippen LogP contribution in [0.25, 0.3) is 0 Å². The molecule has 3 amide bonds. The zero-order valence-corrected chi connectivity index (χ0v) is 9.57. The smallest absolute Gasteiger partial charge is 0.325 e. The average molecular weight is 243 g/mol. The van der Waals surface area contributed by atoms with Crippen LogP contribution in [0.15, 0.2) is 0 Å². The summed E-state index contributed by atoms with van der Waals surface area (Å²) in [5.74, 6) is -0.180. The first-order chi connectivity index (χ1) is 8.19. The van der Waals surface area contributed by atoms with Crippen LogP contribution in [0.3, 0.4) is 0 Å². The largest absolute Gasteiger partial charge is 0.394 e. The van der Waals surface area contributed by atoms with Crippen molar-refractivity contribution in [1.82, 2.24) is 15.5 Å². The minimum absolute atomic E-state index is 0.0615. The maximum Gasteiger partial charge on any atom is 0.325 e. The van der Waals surface area contributed by atoms with E-state index in [4.69, 9.17) is 9.84 Å². The molecule has 2 aliphatic heterocycles. The monoisotopic (exact) mass is 243 g/mol. The van der Waals surface area contributed by atoms with Crippen molar-refractivity contribution in [3.8, 4) is 0 Å². The molecule has 17 heavy (non-hydrogen) atoms. The number of hydrogen-bond acceptors (Lipinski definition) is 5. The highest BCUT2D eigenvalue weighted by molar-refractivity contribution is 6.07. The van der Waals surface area contributed by atoms with Crippen molar-refractivity contribution in [1.29, 1.82) is 0 Å². The van der Waals surface area contributed by atoms with E-state index in [9.17, 15) is 9.59 Å². The van der Waals surface area contributed by atoms with Crippen LogP contribution in [0, 0.1) is 0 Å². The predicted octanol–water partition coefficient (Wildman–Crippen LogP) is -1.72. The lowest BCUT2D eigenvalue weighted by atomic mass is 9.99. The Hall–Kier alpha value is -1.18. The molecule has 3 N–H and O–H groups in total. The van der Waals surface area contributed by atoms with Crippen LogP contribution in [-0.2, 0) is 9.53 Å². The molecule has 2 saturated heterocycles. The third-order valence-corrected chi connectivity index (χ3v) is 3.10. The van der Waals surface area contributed by atoms with Crippen molar-refractivity contribution < 1.29 is 19.4 Å². The third kappa shape index (κ3) is 2.26. The van der Waals surface area contributed by atoms with Crippen LogP contribution < -0.4 is 10.6 Å². The van der Waals surface area contributed by atoms with Gasteiger partial charge in [-0.2, -0.15) is 0 Å². The Kier molecular flexibility index (Phi) is 3.60. The number of nitrogens with one attached hydrogen (secondary N) is 2. The number of urea groups is 1. The number of hydrogen-bond donors (Lipinski definition) is 3. The van der Waals surface area contributed by atoms with Gasteiger partial charge < -0.3 is 20.5 Å². The lowest BCUT2D eigenvalue weighted by Gasteiger charge is -2.19. The number of carbonyl (C=O) groups excluding carboxylic acids is 2. The first-order valence-corrected chi connectivity index (χ1v) is 5.73. The Morgan fingerprint density at radius 1 is 1.41 bits per heavy atom. The van der Waals surface area contributed by atoms with E-state index >= 15 is 0 Å². The van der Waals surface area contributed by atoms with Gasteiger partial charge in [-0.15, -0.1) is 0 Å². The molecule has 0 bridgehead atoms. The number of nitrogens with zero attached hydrogens (tertiary/aromatic N) is 1. The third-order valence-electron chi connectivity index (χ3n) is 3.10. The van der Waals surface area contributed by atoms with Crippen LogP contribution in [0.1, 0.15) is 6.42 Å². The molecule has 96 valence electrons. The van der Waals surface area contributed by atoms with Gasteiger partial charge in [-0.3, -0.25) is 9.69 Å². The summed E-state index contributed by atoms with van der Waals surface area (Å²) in [5, 5.41) is 14.4. The van der Waals surface area contributed by atoms with Gasteiger partial charge >= 0.3 is 6.03 Å². The van der Waals surface area contributed by atoms with Crippen LogP contribution in [0.5, 0.6) is 0 Å². The van der Waals surface area contributed by atoms with Crippen molar-refractivity contribution in [3.05, 3.63) is 0 Å². The van der Waals surface area contributed by atoms with E-state index < -0.39 is 5.54 Å². The second-order valence-electron chi connectivity index (χ2n) is 4.23. The fourth-order valence-corrected chi connectivity index (χ4v) is 2.18. The van der Waals surface area contributed by atoms with E-state index in [0.29, 0.717) is 13.0 Å². The lowest BCUT2D eigenvalue weighted by molar-refractivity contribution is -0.131. The minimum Gasteiger partial charge on any atom is -0.394 e. The maximum absolute atomic E-state index is 12.1. The number of aliphatic hydroxyl groups excluding tert-OH is 1. The summed E-state index contributed by atoms with van der Waals surface area (Å²) in [7, 11) is 0. The average Bonchev–Trinajstić information content (AvgIpc) is 2.85. The van der Waals surface area contributed by atoms with Crippen molar-refractivity contribution >= 4 is 11.9 Å². The van der Waals surface area contributed by atoms with Gasteiger partial charge in [0.2, 0.25) is 0 Å². The Morgan fingerprint density at radius 3 is 2.88 bits per heavy atom. The summed E-state index contributed by atoms with van der Waals surface area (Å²) >= 11 is 0. The van der Waals surface area contributed by atoms with E-state index in [-0.39, 0.29) is 38.3 Å². The van der Waals surface area contributed by atoms with Gasteiger partial charge in [-0.05, 0) is 13.0 Å². The van der Waals surface area contributed by atoms with Gasteiger partial charge in [-0.1, -0.05) is 0 Å². The second kappa shape index (κ2) is 4.99. The van der Waals surface area contributed by atoms with Gasteiger partial charge in [0.15, 0.2) is 0 Å². The molecule has 0 aromatic rings. The molecule has 0 saturated carbocycles. The number of aliphatic hydroxyl groups is 1. The normalized spacial score (nSPS) is 28.2. The summed E-state index contributed by atoms with van der Waals surface area (Å²) in [6.45, 7) is 1.87. The molecule has 1 spiro atoms. The molecular formula is C10H17N3O4. The van der Waals surface area contributed by atoms with E-state index in [1.54, 1.807) is 0 Å². The topological polar surface area (TPSA) is 90.9 Å². The first-order valence-electron chi connectivity index (χ1n) is 5.73. The van der Waals surface area contributed by atoms with E-state index in [1.807, 2.05) is 0 Å². The van der Waals surface area contributed by atoms with Gasteiger partial charge in [0.1, 0.15) is 5.54 Å². The van der Waals surface area contributed by atoms with Crippen molar-refractivity contribution in [2.45, 2.75) is 12.0 Å². The van der Waals surface area contributed by atoms with E-state index in [1.165, 1.54) is 4.90 Å². The number of ether oxygens (including phenoxy) is 1. The molecule has 0 aliphatic carbocycles. The lowest BCUT2D eigenvalue weighted by Crippen LogP contribution is -2.48. The van der Waals surface area contributed by atoms with E-state index in [0.717, 1.165) is 6.54 Å². The Bertz CT molecular complexity index is 315. The van der Waals surface area contributed by atoms with Gasteiger partial charge in [0, 0.05) is 6.54 Å². The number of carbonyl (C=O) groups is 2. The quantitative estimate of drug-likeness (QED) is 0.395. The fourth-order valence-electron chi connectivity index (χ4n) is 2.18. The number of rotatable bonds is 5. The van der Waals surface area contributed by atoms with Crippen LogP contribution in [0.2, 0.25) is 0 Å². The predicted molar refractivity (Wildman–Crippen MR) is 58.4 cm³/mol. The van der Waals surface area contributed by atoms with Crippen molar-refractivity contribution in [2.75, 3.05) is 39.5 Å². The molecule has 7 heteroatoms. The molecule has 7 nitrogen and oxygen atoms in total. The van der Waals surface area contributed by atoms with Gasteiger partial charge in [-0.25, -0.2) is 4.79 Å². The van der Waals surface area contributed by atoms with Crippen molar-refractivity contribution in [2.24, 2.45) is 0 Å². The zero-order chi connectivity index (χ0) is 12.3. The molecule has 0 aromatic heterocycles. The molecule has 2 fully saturated rings. The summed E-state index contributed by atoms with van der Waals surface area (Å²) in [6, 6.07) is -0.355. The zero-order valence-electron chi connectivity index (χ0n) is 9.57. The first kappa shape index (κ1) is 12.3. The summed E-state index contributed by atoms with van der Waals surface area (Å²) in [5.41, 5.74) is -0.742. The van der Waals surface area contributed by atoms with Crippen LogP contribution in [-0.4, -0.2) is 66.9 Å². The Labute approximate surface area is 99.1 Å². The Balaban J connectivity index is 1.90. The highest BCUT2D eigenvalue weighted by atomic mass is 16.5. The molecule has 1 unspecified atom stereocenters. The standard InChI is InChI=1S/C10H17N3O4/c14-4-6-17-5-3-13-8(15)10(12-9(13)16)1-2-11-7-10/h11,14H,1-7H2,(H,12,16). The molecule has 0 radical (unpaired) electrons. The van der Waals surface area contributed by atoms with Gasteiger partial charge in [0.25, 0.3) is 5.91 Å². The molecule has 2 heterocycles. The summed E-state index contributed by atoms with van der Waals surface area (Å²) in [4.78, 5) is 25.0. The molecule has 0 aromatic carbocycles. The van der Waals surface area contributed by atoms with Gasteiger partial charge in [0.05, 0.1) is 26.4 Å². The number of imide groups is 1. The molecule has 1 atom stereocenters. The fraction of sp³-hybridized carbons (Fsp3) is 0.800. The number of amides is 3. The van der Waals surface area contributed by atoms with Crippen LogP contribution >= 0.6 is 0 Å². The highest BCUT2D eigenvalue weighted by Crippen LogP contribution is 2.23. The SMILES string of the molecule is O=C1NC2(CCNC2)C(=O)N1CCOCCO. The van der Waals surface area contributed by atoms with Crippen molar-refractivity contribution in [3.63, 3.8) is 0 Å².